The zero-order chi connectivity index (χ0) is 16.4. The summed E-state index contributed by atoms with van der Waals surface area (Å²) in [7, 11) is 2.06. The first-order chi connectivity index (χ1) is 11.8. The van der Waals surface area contributed by atoms with Gasteiger partial charge in [0, 0.05) is 18.2 Å². The van der Waals surface area contributed by atoms with Gasteiger partial charge in [-0.15, -0.1) is 0 Å². The number of hydrogen-bond acceptors (Lipinski definition) is 3. The van der Waals surface area contributed by atoms with E-state index in [4.69, 9.17) is 4.98 Å². The maximum Gasteiger partial charge on any atom is 0.168 e. The largest absolute Gasteiger partial charge is 0.322 e. The SMILES string of the molecule is Cn1c(-c2ccccc2)cnc1SCc1ccc2ccccc2n1. The molecule has 0 N–H and O–H groups in total. The highest BCUT2D eigenvalue weighted by atomic mass is 32.2. The molecule has 0 aliphatic heterocycles. The molecule has 0 radical (unpaired) electrons. The van der Waals surface area contributed by atoms with Crippen LogP contribution in [0, 0.1) is 0 Å². The van der Waals surface area contributed by atoms with Crippen LogP contribution in [0.15, 0.2) is 78.1 Å². The Morgan fingerprint density at radius 1 is 0.917 bits per heavy atom. The predicted molar refractivity (Wildman–Crippen MR) is 99.9 cm³/mol. The molecule has 0 aliphatic carbocycles. The van der Waals surface area contributed by atoms with Crippen LogP contribution in [-0.2, 0) is 12.8 Å². The van der Waals surface area contributed by atoms with Crippen LogP contribution in [0.25, 0.3) is 22.2 Å². The fraction of sp³-hybridized carbons (Fsp3) is 0.100. The maximum atomic E-state index is 4.73. The van der Waals surface area contributed by atoms with Crippen LogP contribution < -0.4 is 0 Å². The average molecular weight is 331 g/mol. The van der Waals surface area contributed by atoms with E-state index in [9.17, 15) is 0 Å². The second kappa shape index (κ2) is 6.49. The Kier molecular flexibility index (Phi) is 4.05. The van der Waals surface area contributed by atoms with Gasteiger partial charge < -0.3 is 4.57 Å². The molecule has 0 bridgehead atoms. The van der Waals surface area contributed by atoms with Crippen molar-refractivity contribution in [2.45, 2.75) is 10.9 Å². The molecule has 0 atom stereocenters. The van der Waals surface area contributed by atoms with Crippen LogP contribution in [0.4, 0.5) is 0 Å². The van der Waals surface area contributed by atoms with Crippen LogP contribution in [0.1, 0.15) is 5.69 Å². The van der Waals surface area contributed by atoms with Gasteiger partial charge in [-0.2, -0.15) is 0 Å². The van der Waals surface area contributed by atoms with Gasteiger partial charge >= 0.3 is 0 Å². The molecular weight excluding hydrogens is 314 g/mol. The highest BCUT2D eigenvalue weighted by Gasteiger charge is 2.09. The molecular formula is C20H17N3S. The van der Waals surface area contributed by atoms with Crippen molar-refractivity contribution in [3.63, 3.8) is 0 Å². The van der Waals surface area contributed by atoms with Gasteiger partial charge in [-0.3, -0.25) is 4.98 Å². The number of thioether (sulfide) groups is 1. The van der Waals surface area contributed by atoms with Crippen molar-refractivity contribution in [3.8, 4) is 11.3 Å². The van der Waals surface area contributed by atoms with Gasteiger partial charge in [0.15, 0.2) is 5.16 Å². The lowest BCUT2D eigenvalue weighted by molar-refractivity contribution is 0.796. The summed E-state index contributed by atoms with van der Waals surface area (Å²) in [6.45, 7) is 0. The topological polar surface area (TPSA) is 30.7 Å². The average Bonchev–Trinajstić information content (AvgIpc) is 3.01. The third-order valence-corrected chi connectivity index (χ3v) is 5.10. The molecule has 0 saturated heterocycles. The summed E-state index contributed by atoms with van der Waals surface area (Å²) in [4.78, 5) is 9.29. The standard InChI is InChI=1S/C20H17N3S/c1-23-19(16-8-3-2-4-9-16)13-21-20(23)24-14-17-12-11-15-7-5-6-10-18(15)22-17/h2-13H,14H2,1H3. The first-order valence-corrected chi connectivity index (χ1v) is 8.84. The molecule has 0 saturated carbocycles. The van der Waals surface area contributed by atoms with Gasteiger partial charge in [0.25, 0.3) is 0 Å². The molecule has 0 unspecified atom stereocenters. The van der Waals surface area contributed by atoms with Crippen molar-refractivity contribution >= 4 is 22.7 Å². The van der Waals surface area contributed by atoms with Crippen LogP contribution in [-0.4, -0.2) is 14.5 Å². The number of imidazole rings is 1. The molecule has 2 aromatic carbocycles. The number of nitrogens with zero attached hydrogens (tertiary/aromatic N) is 3. The summed E-state index contributed by atoms with van der Waals surface area (Å²) in [6, 6.07) is 22.8. The highest BCUT2D eigenvalue weighted by molar-refractivity contribution is 7.98. The highest BCUT2D eigenvalue weighted by Crippen LogP contribution is 2.27. The fourth-order valence-corrected chi connectivity index (χ4v) is 3.59. The minimum atomic E-state index is 0.809. The van der Waals surface area contributed by atoms with Gasteiger partial charge in [0.2, 0.25) is 0 Å². The zero-order valence-corrected chi connectivity index (χ0v) is 14.2. The quantitative estimate of drug-likeness (QED) is 0.497. The molecule has 24 heavy (non-hydrogen) atoms. The van der Waals surface area contributed by atoms with E-state index in [2.05, 4.69) is 53.0 Å². The van der Waals surface area contributed by atoms with E-state index in [1.165, 1.54) is 10.9 Å². The van der Waals surface area contributed by atoms with Crippen molar-refractivity contribution in [3.05, 3.63) is 78.6 Å². The third kappa shape index (κ3) is 2.93. The molecule has 4 aromatic rings. The van der Waals surface area contributed by atoms with Crippen molar-refractivity contribution in [2.75, 3.05) is 0 Å². The maximum absolute atomic E-state index is 4.73. The van der Waals surface area contributed by atoms with Gasteiger partial charge in [-0.05, 0) is 17.7 Å². The smallest absolute Gasteiger partial charge is 0.168 e. The molecule has 0 spiro atoms. The Labute approximate surface area is 145 Å². The summed E-state index contributed by atoms with van der Waals surface area (Å²) in [5.41, 5.74) is 4.43. The Morgan fingerprint density at radius 3 is 2.58 bits per heavy atom. The van der Waals surface area contributed by atoms with Crippen LogP contribution >= 0.6 is 11.8 Å². The number of fused-ring (bicyclic) bond motifs is 1. The van der Waals surface area contributed by atoms with E-state index in [0.717, 1.165) is 27.8 Å². The van der Waals surface area contributed by atoms with E-state index >= 15 is 0 Å². The molecule has 2 heterocycles. The lowest BCUT2D eigenvalue weighted by atomic mass is 10.2. The van der Waals surface area contributed by atoms with Gasteiger partial charge in [0.1, 0.15) is 0 Å². The molecule has 3 nitrogen and oxygen atoms in total. The normalized spacial score (nSPS) is 11.0. The van der Waals surface area contributed by atoms with E-state index < -0.39 is 0 Å². The molecule has 4 rings (SSSR count). The summed E-state index contributed by atoms with van der Waals surface area (Å²) in [6.07, 6.45) is 1.94. The van der Waals surface area contributed by atoms with Gasteiger partial charge in [-0.25, -0.2) is 4.98 Å². The summed E-state index contributed by atoms with van der Waals surface area (Å²) >= 11 is 1.71. The lowest BCUT2D eigenvalue weighted by Gasteiger charge is -2.06. The Bertz CT molecular complexity index is 977. The van der Waals surface area contributed by atoms with E-state index in [1.54, 1.807) is 11.8 Å². The fourth-order valence-electron chi connectivity index (χ4n) is 2.73. The number of hydrogen-bond donors (Lipinski definition) is 0. The van der Waals surface area contributed by atoms with Crippen molar-refractivity contribution in [1.29, 1.82) is 0 Å². The minimum Gasteiger partial charge on any atom is -0.322 e. The summed E-state index contributed by atoms with van der Waals surface area (Å²) in [5.74, 6) is 0.809. The summed E-state index contributed by atoms with van der Waals surface area (Å²) < 4.78 is 2.14. The van der Waals surface area contributed by atoms with Gasteiger partial charge in [0.05, 0.1) is 23.1 Å². The number of pyridine rings is 1. The van der Waals surface area contributed by atoms with Crippen molar-refractivity contribution < 1.29 is 0 Å². The van der Waals surface area contributed by atoms with Crippen LogP contribution in [0.2, 0.25) is 0 Å². The molecule has 118 valence electrons. The Hall–Kier alpha value is -2.59. The van der Waals surface area contributed by atoms with Crippen molar-refractivity contribution in [2.24, 2.45) is 7.05 Å². The second-order valence-corrected chi connectivity index (χ2v) is 6.58. The van der Waals surface area contributed by atoms with Gasteiger partial charge in [-0.1, -0.05) is 66.4 Å². The number of para-hydroxylation sites is 1. The minimum absolute atomic E-state index is 0.809. The first-order valence-electron chi connectivity index (χ1n) is 7.86. The molecule has 4 heteroatoms. The Balaban J connectivity index is 1.54. The van der Waals surface area contributed by atoms with E-state index in [1.807, 2.05) is 36.5 Å². The lowest BCUT2D eigenvalue weighted by Crippen LogP contribution is -1.95. The van der Waals surface area contributed by atoms with E-state index in [-0.39, 0.29) is 0 Å². The number of aromatic nitrogens is 3. The second-order valence-electron chi connectivity index (χ2n) is 5.64. The van der Waals surface area contributed by atoms with Crippen molar-refractivity contribution in [1.82, 2.24) is 14.5 Å². The van der Waals surface area contributed by atoms with Crippen LogP contribution in [0.5, 0.6) is 0 Å². The Morgan fingerprint density at radius 2 is 1.71 bits per heavy atom. The number of rotatable bonds is 4. The zero-order valence-electron chi connectivity index (χ0n) is 13.4. The molecule has 2 aromatic heterocycles. The monoisotopic (exact) mass is 331 g/mol. The predicted octanol–water partition coefficient (Wildman–Crippen LogP) is 4.93. The van der Waals surface area contributed by atoms with E-state index in [0.29, 0.717) is 0 Å². The first kappa shape index (κ1) is 15.0. The summed E-state index contributed by atoms with van der Waals surface area (Å²) in [5, 5.41) is 2.18. The molecule has 0 amide bonds. The third-order valence-electron chi connectivity index (χ3n) is 4.02. The van der Waals surface area contributed by atoms with Crippen LogP contribution in [0.3, 0.4) is 0 Å². The molecule has 0 fully saturated rings. The number of benzene rings is 2. The molecule has 0 aliphatic rings.